The smallest absolute Gasteiger partial charge is 0.335 e. The predicted molar refractivity (Wildman–Crippen MR) is 80.6 cm³/mol. The number of benzene rings is 1. The summed E-state index contributed by atoms with van der Waals surface area (Å²) in [7, 11) is 0. The lowest BCUT2D eigenvalue weighted by atomic mass is 10.1. The van der Waals surface area contributed by atoms with Crippen molar-refractivity contribution in [1.29, 1.82) is 0 Å². The summed E-state index contributed by atoms with van der Waals surface area (Å²) in [4.78, 5) is 11.0. The summed E-state index contributed by atoms with van der Waals surface area (Å²) in [5.41, 5.74) is 3.40. The molecule has 1 aromatic carbocycles. The van der Waals surface area contributed by atoms with E-state index >= 15 is 0 Å². The van der Waals surface area contributed by atoms with Crippen LogP contribution in [0, 0.1) is 0 Å². The molecule has 3 heterocycles. The highest BCUT2D eigenvalue weighted by Gasteiger charge is 2.30. The molecule has 2 aliphatic heterocycles. The van der Waals surface area contributed by atoms with Crippen molar-refractivity contribution in [3.8, 4) is 5.69 Å². The van der Waals surface area contributed by atoms with Crippen LogP contribution in [0.1, 0.15) is 40.6 Å². The van der Waals surface area contributed by atoms with Crippen LogP contribution in [0.15, 0.2) is 24.3 Å². The fourth-order valence-corrected chi connectivity index (χ4v) is 3.19. The summed E-state index contributed by atoms with van der Waals surface area (Å²) in [5.74, 6) is 0.0870. The van der Waals surface area contributed by atoms with Crippen LogP contribution in [0.3, 0.4) is 0 Å². The van der Waals surface area contributed by atoms with Gasteiger partial charge in [0.25, 0.3) is 0 Å². The van der Waals surface area contributed by atoms with E-state index in [1.807, 2.05) is 4.68 Å². The summed E-state index contributed by atoms with van der Waals surface area (Å²) in [6, 6.07) is 6.78. The summed E-state index contributed by atoms with van der Waals surface area (Å²) in [5, 5.41) is 17.1. The molecule has 0 spiro atoms. The van der Waals surface area contributed by atoms with Crippen LogP contribution in [0.2, 0.25) is 0 Å². The number of carboxylic acid groups (broad SMARTS) is 1. The molecule has 1 aromatic heterocycles. The summed E-state index contributed by atoms with van der Waals surface area (Å²) < 4.78 is 7.65. The average Bonchev–Trinajstić information content (AvgIpc) is 3.24. The van der Waals surface area contributed by atoms with Crippen molar-refractivity contribution < 1.29 is 14.6 Å². The number of anilines is 1. The van der Waals surface area contributed by atoms with Crippen LogP contribution in [0.4, 0.5) is 5.82 Å². The Morgan fingerprint density at radius 2 is 2.18 bits per heavy atom. The second-order valence-corrected chi connectivity index (χ2v) is 5.65. The highest BCUT2D eigenvalue weighted by atomic mass is 16.5. The minimum Gasteiger partial charge on any atom is -0.478 e. The van der Waals surface area contributed by atoms with E-state index in [-0.39, 0.29) is 11.7 Å². The molecule has 0 aliphatic carbocycles. The number of aromatic carboxylic acids is 1. The molecular weight excluding hydrogens is 282 g/mol. The molecule has 114 valence electrons. The minimum absolute atomic E-state index is 0.0909. The molecule has 22 heavy (non-hydrogen) atoms. The van der Waals surface area contributed by atoms with Gasteiger partial charge in [-0.05, 0) is 43.5 Å². The first-order valence-corrected chi connectivity index (χ1v) is 7.55. The van der Waals surface area contributed by atoms with E-state index in [9.17, 15) is 4.79 Å². The number of carbonyl (C=O) groups is 1. The first kappa shape index (κ1) is 13.3. The maximum Gasteiger partial charge on any atom is 0.335 e. The van der Waals surface area contributed by atoms with Crippen LogP contribution in [0.5, 0.6) is 0 Å². The fourth-order valence-electron chi connectivity index (χ4n) is 3.19. The van der Waals surface area contributed by atoms with E-state index in [0.29, 0.717) is 0 Å². The Morgan fingerprint density at radius 1 is 1.36 bits per heavy atom. The number of nitrogens with one attached hydrogen (secondary N) is 1. The van der Waals surface area contributed by atoms with Gasteiger partial charge in [-0.3, -0.25) is 0 Å². The van der Waals surface area contributed by atoms with Gasteiger partial charge in [0.1, 0.15) is 11.9 Å². The van der Waals surface area contributed by atoms with Gasteiger partial charge in [-0.25, -0.2) is 9.48 Å². The van der Waals surface area contributed by atoms with E-state index in [1.54, 1.807) is 24.3 Å². The number of hydrogen-bond donors (Lipinski definition) is 2. The van der Waals surface area contributed by atoms with Crippen LogP contribution in [-0.4, -0.2) is 34.0 Å². The molecule has 2 aliphatic rings. The van der Waals surface area contributed by atoms with Gasteiger partial charge in [-0.2, -0.15) is 5.10 Å². The van der Waals surface area contributed by atoms with Crippen LogP contribution >= 0.6 is 0 Å². The highest BCUT2D eigenvalue weighted by molar-refractivity contribution is 5.87. The van der Waals surface area contributed by atoms with Crippen molar-refractivity contribution in [3.63, 3.8) is 0 Å². The fraction of sp³-hybridized carbons (Fsp3) is 0.375. The zero-order valence-corrected chi connectivity index (χ0v) is 12.1. The standard InChI is InChI=1S/C16H17N3O3/c20-16(21)10-3-5-11(6-4-10)19-15-12(7-8-17-15)14(18-19)13-2-1-9-22-13/h3-6,13,17H,1-2,7-9H2,(H,20,21). The molecule has 0 bridgehead atoms. The molecule has 1 unspecified atom stereocenters. The number of nitrogens with zero attached hydrogens (tertiary/aromatic N) is 2. The van der Waals surface area contributed by atoms with Crippen molar-refractivity contribution >= 4 is 11.8 Å². The van der Waals surface area contributed by atoms with Crippen molar-refractivity contribution in [2.45, 2.75) is 25.4 Å². The van der Waals surface area contributed by atoms with Crippen LogP contribution in [-0.2, 0) is 11.2 Å². The van der Waals surface area contributed by atoms with Gasteiger partial charge in [0.2, 0.25) is 0 Å². The average molecular weight is 299 g/mol. The van der Waals surface area contributed by atoms with Crippen molar-refractivity contribution in [2.24, 2.45) is 0 Å². The molecule has 0 radical (unpaired) electrons. The zero-order valence-electron chi connectivity index (χ0n) is 12.1. The van der Waals surface area contributed by atoms with Gasteiger partial charge >= 0.3 is 5.97 Å². The van der Waals surface area contributed by atoms with E-state index in [0.717, 1.165) is 49.6 Å². The lowest BCUT2D eigenvalue weighted by molar-refractivity contribution is 0.0697. The second-order valence-electron chi connectivity index (χ2n) is 5.65. The third-order valence-corrected chi connectivity index (χ3v) is 4.28. The highest BCUT2D eigenvalue weighted by Crippen LogP contribution is 2.36. The first-order chi connectivity index (χ1) is 10.7. The summed E-state index contributed by atoms with van der Waals surface area (Å²) >= 11 is 0. The minimum atomic E-state index is -0.921. The number of aromatic nitrogens is 2. The van der Waals surface area contributed by atoms with E-state index in [1.165, 1.54) is 5.56 Å². The molecule has 4 rings (SSSR count). The number of rotatable bonds is 3. The molecule has 1 fully saturated rings. The van der Waals surface area contributed by atoms with Gasteiger partial charge in [-0.1, -0.05) is 0 Å². The third kappa shape index (κ3) is 2.07. The second kappa shape index (κ2) is 5.14. The maximum atomic E-state index is 11.0. The van der Waals surface area contributed by atoms with Gasteiger partial charge < -0.3 is 15.2 Å². The number of hydrogen-bond acceptors (Lipinski definition) is 4. The summed E-state index contributed by atoms with van der Waals surface area (Å²) in [6.45, 7) is 1.70. The Morgan fingerprint density at radius 3 is 2.86 bits per heavy atom. The predicted octanol–water partition coefficient (Wildman–Crippen LogP) is 2.39. The molecule has 6 heteroatoms. The molecule has 0 saturated carbocycles. The van der Waals surface area contributed by atoms with Gasteiger partial charge in [0.05, 0.1) is 16.9 Å². The Balaban J connectivity index is 1.75. The Hall–Kier alpha value is -2.34. The van der Waals surface area contributed by atoms with Crippen LogP contribution in [0.25, 0.3) is 5.69 Å². The molecule has 2 aromatic rings. The normalized spacial score (nSPS) is 19.9. The van der Waals surface area contributed by atoms with Gasteiger partial charge in [-0.15, -0.1) is 0 Å². The van der Waals surface area contributed by atoms with Gasteiger partial charge in [0, 0.05) is 18.7 Å². The molecule has 6 nitrogen and oxygen atoms in total. The van der Waals surface area contributed by atoms with Crippen molar-refractivity contribution in [3.05, 3.63) is 41.1 Å². The zero-order chi connectivity index (χ0) is 15.1. The van der Waals surface area contributed by atoms with E-state index < -0.39 is 5.97 Å². The summed E-state index contributed by atoms with van der Waals surface area (Å²) in [6.07, 6.45) is 3.14. The molecule has 1 saturated heterocycles. The Kier molecular flexibility index (Phi) is 3.11. The maximum absolute atomic E-state index is 11.0. The number of fused-ring (bicyclic) bond motifs is 1. The molecule has 1 atom stereocenters. The first-order valence-electron chi connectivity index (χ1n) is 7.55. The largest absolute Gasteiger partial charge is 0.478 e. The molecule has 0 amide bonds. The van der Waals surface area contributed by atoms with Gasteiger partial charge in [0.15, 0.2) is 0 Å². The third-order valence-electron chi connectivity index (χ3n) is 4.28. The monoisotopic (exact) mass is 299 g/mol. The van der Waals surface area contributed by atoms with E-state index in [2.05, 4.69) is 5.32 Å². The van der Waals surface area contributed by atoms with Crippen molar-refractivity contribution in [2.75, 3.05) is 18.5 Å². The molecular formula is C16H17N3O3. The van der Waals surface area contributed by atoms with Crippen LogP contribution < -0.4 is 5.32 Å². The molecule has 2 N–H and O–H groups in total. The number of carboxylic acids is 1. The van der Waals surface area contributed by atoms with E-state index in [4.69, 9.17) is 14.9 Å². The lowest BCUT2D eigenvalue weighted by Gasteiger charge is -2.08. The SMILES string of the molecule is O=C(O)c1ccc(-n2nc(C3CCCO3)c3c2NCC3)cc1. The quantitative estimate of drug-likeness (QED) is 0.910. The topological polar surface area (TPSA) is 76.4 Å². The van der Waals surface area contributed by atoms with Crippen molar-refractivity contribution in [1.82, 2.24) is 9.78 Å². The lowest BCUT2D eigenvalue weighted by Crippen LogP contribution is -2.07. The Labute approximate surface area is 127 Å². The Bertz CT molecular complexity index is 715. The number of ether oxygens (including phenoxy) is 1.